The van der Waals surface area contributed by atoms with Crippen molar-refractivity contribution in [3.63, 3.8) is 0 Å². The van der Waals surface area contributed by atoms with Crippen molar-refractivity contribution in [2.75, 3.05) is 11.9 Å². The van der Waals surface area contributed by atoms with Crippen molar-refractivity contribution in [3.8, 4) is 23.1 Å². The molecule has 0 spiro atoms. The number of benzene rings is 2. The molecule has 0 unspecified atom stereocenters. The summed E-state index contributed by atoms with van der Waals surface area (Å²) < 4.78 is 18.8. The van der Waals surface area contributed by atoms with Gasteiger partial charge in [-0.15, -0.1) is 11.3 Å². The number of hydrogen-bond donors (Lipinski definition) is 1. The van der Waals surface area contributed by atoms with E-state index in [1.807, 2.05) is 32.0 Å². The average molecular weight is 421 g/mol. The Balaban J connectivity index is 1.81. The summed E-state index contributed by atoms with van der Waals surface area (Å²) in [6.45, 7) is 4.42. The molecule has 3 rings (SSSR count). The molecule has 0 aliphatic carbocycles. The molecule has 1 aromatic heterocycles. The second-order valence-corrected chi connectivity index (χ2v) is 7.64. The minimum Gasteiger partial charge on any atom is -0.493 e. The van der Waals surface area contributed by atoms with Crippen molar-refractivity contribution in [2.24, 2.45) is 0 Å². The van der Waals surface area contributed by atoms with E-state index in [4.69, 9.17) is 4.74 Å². The monoisotopic (exact) mass is 421 g/mol. The predicted octanol–water partition coefficient (Wildman–Crippen LogP) is 5.59. The molecule has 0 aliphatic rings. The molecular weight excluding hydrogens is 401 g/mol. The van der Waals surface area contributed by atoms with Gasteiger partial charge in [-0.2, -0.15) is 5.26 Å². The summed E-state index contributed by atoms with van der Waals surface area (Å²) in [4.78, 5) is 18.0. The fourth-order valence-electron chi connectivity index (χ4n) is 2.74. The van der Waals surface area contributed by atoms with E-state index in [2.05, 4.69) is 10.3 Å². The first-order valence-electron chi connectivity index (χ1n) is 9.40. The van der Waals surface area contributed by atoms with Gasteiger partial charge in [0.2, 0.25) is 0 Å². The van der Waals surface area contributed by atoms with Crippen molar-refractivity contribution >= 4 is 28.5 Å². The minimum absolute atomic E-state index is 0.0567. The van der Waals surface area contributed by atoms with Gasteiger partial charge < -0.3 is 4.74 Å². The number of nitrogens with zero attached hydrogens (tertiary/aromatic N) is 2. The first kappa shape index (κ1) is 21.2. The zero-order chi connectivity index (χ0) is 21.5. The molecule has 1 N–H and O–H groups in total. The molecule has 7 heteroatoms. The number of hydrogen-bond acceptors (Lipinski definition) is 5. The molecule has 5 nitrogen and oxygen atoms in total. The number of carbonyl (C=O) groups excluding carboxylic acids is 1. The lowest BCUT2D eigenvalue weighted by Gasteiger charge is -2.08. The molecule has 0 fully saturated rings. The molecule has 0 atom stereocenters. The van der Waals surface area contributed by atoms with Crippen LogP contribution < -0.4 is 10.1 Å². The average Bonchev–Trinajstić information content (AvgIpc) is 3.11. The minimum atomic E-state index is -0.554. The molecule has 0 saturated heterocycles. The van der Waals surface area contributed by atoms with Crippen LogP contribution in [0.5, 0.6) is 5.75 Å². The van der Waals surface area contributed by atoms with Crippen LogP contribution >= 0.6 is 11.3 Å². The fraction of sp³-hybridized carbons (Fsp3) is 0.174. The number of anilines is 1. The molecular formula is C23H20FN3O2S. The van der Waals surface area contributed by atoms with Crippen LogP contribution in [0.4, 0.5) is 9.52 Å². The largest absolute Gasteiger partial charge is 0.493 e. The third-order valence-corrected chi connectivity index (χ3v) is 5.07. The first-order chi connectivity index (χ1) is 14.5. The van der Waals surface area contributed by atoms with E-state index in [9.17, 15) is 14.4 Å². The standard InChI is InChI=1S/C23H20FN3O2S/c1-3-12-29-20-7-5-4-6-17(20)13-18(14-25)22(28)27-23-26-21(15(2)30-23)16-8-10-19(24)11-9-16/h4-11,13H,3,12H2,1-2H3,(H,26,27,28)/b18-13+. The van der Waals surface area contributed by atoms with Gasteiger partial charge in [-0.05, 0) is 49.8 Å². The van der Waals surface area contributed by atoms with Crippen LogP contribution in [0.3, 0.4) is 0 Å². The zero-order valence-corrected chi connectivity index (χ0v) is 17.4. The number of carbonyl (C=O) groups is 1. The Bertz CT molecular complexity index is 1110. The molecule has 0 aliphatic heterocycles. The molecule has 30 heavy (non-hydrogen) atoms. The molecule has 2 aromatic carbocycles. The van der Waals surface area contributed by atoms with Gasteiger partial charge in [0.25, 0.3) is 5.91 Å². The highest BCUT2D eigenvalue weighted by Crippen LogP contribution is 2.31. The SMILES string of the molecule is CCCOc1ccccc1/C=C(\C#N)C(=O)Nc1nc(-c2ccc(F)cc2)c(C)s1. The van der Waals surface area contributed by atoms with Gasteiger partial charge in [0.1, 0.15) is 23.2 Å². The summed E-state index contributed by atoms with van der Waals surface area (Å²) >= 11 is 1.29. The van der Waals surface area contributed by atoms with Gasteiger partial charge in [0.15, 0.2) is 5.13 Å². The van der Waals surface area contributed by atoms with Crippen molar-refractivity contribution in [3.05, 3.63) is 70.4 Å². The van der Waals surface area contributed by atoms with E-state index in [0.29, 0.717) is 28.7 Å². The van der Waals surface area contributed by atoms with Crippen LogP contribution in [0, 0.1) is 24.1 Å². The van der Waals surface area contributed by atoms with Crippen LogP contribution in [0.25, 0.3) is 17.3 Å². The molecule has 0 bridgehead atoms. The quantitative estimate of drug-likeness (QED) is 0.398. The van der Waals surface area contributed by atoms with Crippen molar-refractivity contribution in [1.82, 2.24) is 4.98 Å². The first-order valence-corrected chi connectivity index (χ1v) is 10.2. The summed E-state index contributed by atoms with van der Waals surface area (Å²) in [5.41, 5.74) is 2.01. The number of ether oxygens (including phenoxy) is 1. The van der Waals surface area contributed by atoms with Gasteiger partial charge >= 0.3 is 0 Å². The Kier molecular flexibility index (Phi) is 6.94. The lowest BCUT2D eigenvalue weighted by atomic mass is 10.1. The van der Waals surface area contributed by atoms with E-state index in [0.717, 1.165) is 16.9 Å². The van der Waals surface area contributed by atoms with Crippen LogP contribution in [-0.4, -0.2) is 17.5 Å². The lowest BCUT2D eigenvalue weighted by molar-refractivity contribution is -0.112. The van der Waals surface area contributed by atoms with Crippen molar-refractivity contribution in [1.29, 1.82) is 5.26 Å². The van der Waals surface area contributed by atoms with E-state index in [1.54, 1.807) is 24.3 Å². The molecule has 3 aromatic rings. The summed E-state index contributed by atoms with van der Waals surface area (Å²) in [5, 5.41) is 12.5. The second kappa shape index (κ2) is 9.81. The third-order valence-electron chi connectivity index (χ3n) is 4.18. The number of nitriles is 1. The summed E-state index contributed by atoms with van der Waals surface area (Å²) in [6, 6.07) is 15.2. The van der Waals surface area contributed by atoms with Gasteiger partial charge in [-0.1, -0.05) is 25.1 Å². The fourth-order valence-corrected chi connectivity index (χ4v) is 3.57. The van der Waals surface area contributed by atoms with Crippen LogP contribution in [0.1, 0.15) is 23.8 Å². The molecule has 0 saturated carbocycles. The van der Waals surface area contributed by atoms with Crippen molar-refractivity contribution in [2.45, 2.75) is 20.3 Å². The zero-order valence-electron chi connectivity index (χ0n) is 16.6. The van der Waals surface area contributed by atoms with E-state index < -0.39 is 5.91 Å². The number of nitrogens with one attached hydrogen (secondary N) is 1. The van der Waals surface area contributed by atoms with Crippen LogP contribution in [0.15, 0.2) is 54.1 Å². The number of para-hydroxylation sites is 1. The Morgan fingerprint density at radius 3 is 2.70 bits per heavy atom. The van der Waals surface area contributed by atoms with E-state index in [-0.39, 0.29) is 11.4 Å². The molecule has 152 valence electrons. The number of aromatic nitrogens is 1. The highest BCUT2D eigenvalue weighted by Gasteiger charge is 2.16. The topological polar surface area (TPSA) is 75.0 Å². The van der Waals surface area contributed by atoms with Gasteiger partial charge in [-0.25, -0.2) is 9.37 Å². The van der Waals surface area contributed by atoms with E-state index in [1.165, 1.54) is 29.5 Å². The molecule has 0 radical (unpaired) electrons. The van der Waals surface area contributed by atoms with Crippen LogP contribution in [0.2, 0.25) is 0 Å². The number of thiazole rings is 1. The Morgan fingerprint density at radius 2 is 2.00 bits per heavy atom. The molecule has 1 heterocycles. The second-order valence-electron chi connectivity index (χ2n) is 6.44. The molecule has 1 amide bonds. The number of aryl methyl sites for hydroxylation is 1. The predicted molar refractivity (Wildman–Crippen MR) is 117 cm³/mol. The third kappa shape index (κ3) is 5.10. The normalized spacial score (nSPS) is 11.1. The Labute approximate surface area is 178 Å². The smallest absolute Gasteiger partial charge is 0.268 e. The highest BCUT2D eigenvalue weighted by molar-refractivity contribution is 7.16. The number of amides is 1. The van der Waals surface area contributed by atoms with Crippen LogP contribution in [-0.2, 0) is 4.79 Å². The van der Waals surface area contributed by atoms with Crippen molar-refractivity contribution < 1.29 is 13.9 Å². The Morgan fingerprint density at radius 1 is 1.27 bits per heavy atom. The van der Waals surface area contributed by atoms with Gasteiger partial charge in [0.05, 0.1) is 12.3 Å². The maximum Gasteiger partial charge on any atom is 0.268 e. The van der Waals surface area contributed by atoms with Gasteiger partial charge in [-0.3, -0.25) is 10.1 Å². The Hall–Kier alpha value is -3.50. The number of halogens is 1. The van der Waals surface area contributed by atoms with E-state index >= 15 is 0 Å². The number of rotatable bonds is 7. The lowest BCUT2D eigenvalue weighted by Crippen LogP contribution is -2.13. The maximum absolute atomic E-state index is 13.2. The maximum atomic E-state index is 13.2. The summed E-state index contributed by atoms with van der Waals surface area (Å²) in [6.07, 6.45) is 2.35. The van der Waals surface area contributed by atoms with Gasteiger partial charge in [0, 0.05) is 16.0 Å². The highest BCUT2D eigenvalue weighted by atomic mass is 32.1. The summed E-state index contributed by atoms with van der Waals surface area (Å²) in [5.74, 6) is -0.266. The summed E-state index contributed by atoms with van der Waals surface area (Å²) in [7, 11) is 0.